The van der Waals surface area contributed by atoms with Crippen molar-refractivity contribution in [2.75, 3.05) is 13.6 Å². The molecule has 0 saturated carbocycles. The number of halogens is 1. The maximum atomic E-state index is 9.16. The van der Waals surface area contributed by atoms with E-state index >= 15 is 0 Å². The van der Waals surface area contributed by atoms with Crippen LogP contribution < -0.4 is 0 Å². The first-order chi connectivity index (χ1) is 9.11. The predicted octanol–water partition coefficient (Wildman–Crippen LogP) is 3.70. The summed E-state index contributed by atoms with van der Waals surface area (Å²) >= 11 is 6.33. The minimum Gasteiger partial charge on any atom is -0.459 e. The van der Waals surface area contributed by atoms with E-state index in [-0.39, 0.29) is 5.92 Å². The topological polar surface area (TPSA) is 40.2 Å². The standard InChI is InChI=1S/C15H15ClN2O/c1-9(7-17)15-11-8-18(2)6-5-10-12(16)3-4-13(19-15)14(10)11/h3-4,9H,5-6,8H2,1-2H3. The normalized spacial score (nSPS) is 17.2. The van der Waals surface area contributed by atoms with Gasteiger partial charge in [-0.3, -0.25) is 0 Å². The van der Waals surface area contributed by atoms with E-state index in [0.29, 0.717) is 0 Å². The van der Waals surface area contributed by atoms with Gasteiger partial charge in [0.15, 0.2) is 0 Å². The fourth-order valence-electron chi connectivity index (χ4n) is 2.78. The van der Waals surface area contributed by atoms with Crippen molar-refractivity contribution in [3.63, 3.8) is 0 Å². The Morgan fingerprint density at radius 2 is 2.21 bits per heavy atom. The minimum absolute atomic E-state index is 0.236. The van der Waals surface area contributed by atoms with E-state index in [2.05, 4.69) is 18.0 Å². The largest absolute Gasteiger partial charge is 0.459 e. The number of furan rings is 1. The highest BCUT2D eigenvalue weighted by atomic mass is 35.5. The molecule has 98 valence electrons. The van der Waals surface area contributed by atoms with E-state index in [9.17, 15) is 0 Å². The van der Waals surface area contributed by atoms with E-state index in [1.807, 2.05) is 19.1 Å². The van der Waals surface area contributed by atoms with E-state index < -0.39 is 0 Å². The first kappa shape index (κ1) is 12.5. The molecular formula is C15H15ClN2O. The SMILES string of the molecule is CC(C#N)c1oc2ccc(Cl)c3c2c1CN(C)CC3. The van der Waals surface area contributed by atoms with Crippen molar-refractivity contribution in [1.82, 2.24) is 4.90 Å². The van der Waals surface area contributed by atoms with E-state index in [0.717, 1.165) is 52.4 Å². The molecule has 0 bridgehead atoms. The van der Waals surface area contributed by atoms with E-state index in [1.54, 1.807) is 0 Å². The molecule has 1 aliphatic rings. The van der Waals surface area contributed by atoms with Crippen LogP contribution in [0.3, 0.4) is 0 Å². The van der Waals surface area contributed by atoms with Gasteiger partial charge in [-0.25, -0.2) is 0 Å². The second-order valence-electron chi connectivity index (χ2n) is 5.18. The second kappa shape index (κ2) is 4.56. The third-order valence-corrected chi connectivity index (χ3v) is 4.15. The number of rotatable bonds is 1. The van der Waals surface area contributed by atoms with Crippen molar-refractivity contribution >= 4 is 22.6 Å². The highest BCUT2D eigenvalue weighted by Crippen LogP contribution is 2.38. The van der Waals surface area contributed by atoms with E-state index in [1.165, 1.54) is 0 Å². The van der Waals surface area contributed by atoms with Gasteiger partial charge in [0, 0.05) is 29.1 Å². The van der Waals surface area contributed by atoms with Gasteiger partial charge in [0.1, 0.15) is 17.3 Å². The quantitative estimate of drug-likeness (QED) is 0.796. The monoisotopic (exact) mass is 274 g/mol. The molecular weight excluding hydrogens is 260 g/mol. The molecule has 1 aliphatic heterocycles. The number of nitriles is 1. The van der Waals surface area contributed by atoms with Crippen LogP contribution in [0, 0.1) is 11.3 Å². The van der Waals surface area contributed by atoms with Crippen LogP contribution in [0.5, 0.6) is 0 Å². The van der Waals surface area contributed by atoms with Crippen molar-refractivity contribution in [3.8, 4) is 6.07 Å². The summed E-state index contributed by atoms with van der Waals surface area (Å²) in [5.41, 5.74) is 3.13. The molecule has 2 aromatic rings. The lowest BCUT2D eigenvalue weighted by molar-refractivity contribution is 0.332. The molecule has 19 heavy (non-hydrogen) atoms. The molecule has 0 radical (unpaired) electrons. The highest BCUT2D eigenvalue weighted by molar-refractivity contribution is 6.32. The van der Waals surface area contributed by atoms with Gasteiger partial charge in [-0.05, 0) is 38.1 Å². The molecule has 0 amide bonds. The Morgan fingerprint density at radius 1 is 1.42 bits per heavy atom. The van der Waals surface area contributed by atoms with Crippen LogP contribution in [0.2, 0.25) is 5.02 Å². The molecule has 3 rings (SSSR count). The summed E-state index contributed by atoms with van der Waals surface area (Å²) in [6.07, 6.45) is 0.916. The number of benzene rings is 1. The van der Waals surface area contributed by atoms with Gasteiger partial charge in [-0.1, -0.05) is 11.6 Å². The zero-order valence-electron chi connectivity index (χ0n) is 11.0. The lowest BCUT2D eigenvalue weighted by Gasteiger charge is -2.13. The first-order valence-electron chi connectivity index (χ1n) is 6.42. The Hall–Kier alpha value is -1.50. The van der Waals surface area contributed by atoms with Crippen LogP contribution in [0.1, 0.15) is 29.7 Å². The van der Waals surface area contributed by atoms with Gasteiger partial charge in [-0.15, -0.1) is 0 Å². The summed E-state index contributed by atoms with van der Waals surface area (Å²) in [5, 5.41) is 11.1. The Bertz CT molecular complexity index is 683. The Labute approximate surface area is 117 Å². The third kappa shape index (κ3) is 1.92. The molecule has 0 fully saturated rings. The lowest BCUT2D eigenvalue weighted by Crippen LogP contribution is -2.19. The van der Waals surface area contributed by atoms with Crippen LogP contribution in [0.15, 0.2) is 16.5 Å². The van der Waals surface area contributed by atoms with Crippen molar-refractivity contribution in [1.29, 1.82) is 5.26 Å². The zero-order valence-corrected chi connectivity index (χ0v) is 11.8. The number of hydrogen-bond acceptors (Lipinski definition) is 3. The van der Waals surface area contributed by atoms with Crippen LogP contribution in [0.4, 0.5) is 0 Å². The number of hydrogen-bond donors (Lipinski definition) is 0. The maximum Gasteiger partial charge on any atom is 0.135 e. The Balaban J connectivity index is 2.34. The van der Waals surface area contributed by atoms with Gasteiger partial charge in [0.25, 0.3) is 0 Å². The van der Waals surface area contributed by atoms with Gasteiger partial charge in [0.05, 0.1) is 6.07 Å². The van der Waals surface area contributed by atoms with Crippen LogP contribution in [0.25, 0.3) is 11.0 Å². The van der Waals surface area contributed by atoms with Gasteiger partial charge in [0.2, 0.25) is 0 Å². The molecule has 1 unspecified atom stereocenters. The van der Waals surface area contributed by atoms with Gasteiger partial charge < -0.3 is 9.32 Å². The summed E-state index contributed by atoms with van der Waals surface area (Å²) < 4.78 is 5.91. The minimum atomic E-state index is -0.236. The summed E-state index contributed by atoms with van der Waals surface area (Å²) in [4.78, 5) is 2.24. The average molecular weight is 275 g/mol. The van der Waals surface area contributed by atoms with Crippen molar-refractivity contribution < 1.29 is 4.42 Å². The molecule has 3 nitrogen and oxygen atoms in total. The summed E-state index contributed by atoms with van der Waals surface area (Å²) in [6, 6.07) is 6.06. The summed E-state index contributed by atoms with van der Waals surface area (Å²) in [6.45, 7) is 3.65. The van der Waals surface area contributed by atoms with Crippen molar-refractivity contribution in [2.24, 2.45) is 0 Å². The van der Waals surface area contributed by atoms with Crippen LogP contribution >= 0.6 is 11.6 Å². The third-order valence-electron chi connectivity index (χ3n) is 3.80. The predicted molar refractivity (Wildman–Crippen MR) is 75.3 cm³/mol. The molecule has 2 heterocycles. The molecule has 1 aromatic heterocycles. The zero-order chi connectivity index (χ0) is 13.6. The fourth-order valence-corrected chi connectivity index (χ4v) is 3.03. The average Bonchev–Trinajstić information content (AvgIpc) is 2.65. The van der Waals surface area contributed by atoms with Crippen LogP contribution in [-0.4, -0.2) is 18.5 Å². The highest BCUT2D eigenvalue weighted by Gasteiger charge is 2.25. The van der Waals surface area contributed by atoms with E-state index in [4.69, 9.17) is 21.3 Å². The number of likely N-dealkylation sites (N-methyl/N-ethyl adjacent to an activating group) is 1. The molecule has 1 atom stereocenters. The van der Waals surface area contributed by atoms with Crippen molar-refractivity contribution in [2.45, 2.75) is 25.8 Å². The Morgan fingerprint density at radius 3 is 2.95 bits per heavy atom. The van der Waals surface area contributed by atoms with Gasteiger partial charge >= 0.3 is 0 Å². The first-order valence-corrected chi connectivity index (χ1v) is 6.80. The number of nitrogens with zero attached hydrogens (tertiary/aromatic N) is 2. The summed E-state index contributed by atoms with van der Waals surface area (Å²) in [7, 11) is 2.08. The fraction of sp³-hybridized carbons (Fsp3) is 0.400. The molecule has 0 N–H and O–H groups in total. The van der Waals surface area contributed by atoms with Crippen LogP contribution in [-0.2, 0) is 13.0 Å². The summed E-state index contributed by atoms with van der Waals surface area (Å²) in [5.74, 6) is 0.551. The second-order valence-corrected chi connectivity index (χ2v) is 5.59. The molecule has 0 spiro atoms. The van der Waals surface area contributed by atoms with Crippen molar-refractivity contribution in [3.05, 3.63) is 34.0 Å². The molecule has 1 aromatic carbocycles. The lowest BCUT2D eigenvalue weighted by atomic mass is 10.00. The maximum absolute atomic E-state index is 9.16. The van der Waals surface area contributed by atoms with Gasteiger partial charge in [-0.2, -0.15) is 5.26 Å². The Kier molecular flexibility index (Phi) is 3.00. The molecule has 4 heteroatoms. The smallest absolute Gasteiger partial charge is 0.135 e. The molecule has 0 aliphatic carbocycles. The molecule has 0 saturated heterocycles.